The summed E-state index contributed by atoms with van der Waals surface area (Å²) in [7, 11) is 0. The summed E-state index contributed by atoms with van der Waals surface area (Å²) in [6.07, 6.45) is 7.25. The Bertz CT molecular complexity index is 605. The van der Waals surface area contributed by atoms with Gasteiger partial charge in [-0.15, -0.1) is 0 Å². The standard InChI is InChI=1S/C19H25N3O2/c23-19(8-4-12-22-13-5-11-20-22)21-14-9-18(10-15-21)24-16-17-6-2-1-3-7-17/h1-3,5-7,11,13,18H,4,8-10,12,14-16H2. The van der Waals surface area contributed by atoms with E-state index in [1.807, 2.05) is 40.0 Å². The van der Waals surface area contributed by atoms with Crippen LogP contribution >= 0.6 is 0 Å². The van der Waals surface area contributed by atoms with E-state index in [1.165, 1.54) is 5.56 Å². The summed E-state index contributed by atoms with van der Waals surface area (Å²) < 4.78 is 7.85. The van der Waals surface area contributed by atoms with Crippen LogP contribution in [0.1, 0.15) is 31.2 Å². The molecule has 0 aliphatic carbocycles. The number of benzene rings is 1. The van der Waals surface area contributed by atoms with Crippen molar-refractivity contribution < 1.29 is 9.53 Å². The molecule has 3 rings (SSSR count). The Labute approximate surface area is 143 Å². The van der Waals surface area contributed by atoms with Crippen molar-refractivity contribution in [1.82, 2.24) is 14.7 Å². The van der Waals surface area contributed by atoms with Crippen LogP contribution in [0.25, 0.3) is 0 Å². The molecule has 1 aliphatic rings. The van der Waals surface area contributed by atoms with Gasteiger partial charge in [-0.25, -0.2) is 0 Å². The van der Waals surface area contributed by atoms with E-state index < -0.39 is 0 Å². The molecule has 2 heterocycles. The largest absolute Gasteiger partial charge is 0.373 e. The van der Waals surface area contributed by atoms with Crippen LogP contribution < -0.4 is 0 Å². The lowest BCUT2D eigenvalue weighted by Gasteiger charge is -2.32. The fraction of sp³-hybridized carbons (Fsp3) is 0.474. The van der Waals surface area contributed by atoms with Crippen molar-refractivity contribution in [3.8, 4) is 0 Å². The molecule has 1 amide bonds. The van der Waals surface area contributed by atoms with Crippen molar-refractivity contribution in [2.24, 2.45) is 0 Å². The van der Waals surface area contributed by atoms with Gasteiger partial charge in [0.1, 0.15) is 0 Å². The first-order valence-corrected chi connectivity index (χ1v) is 8.72. The van der Waals surface area contributed by atoms with Crippen molar-refractivity contribution >= 4 is 5.91 Å². The van der Waals surface area contributed by atoms with Crippen LogP contribution in [-0.2, 0) is 22.7 Å². The number of piperidine rings is 1. The van der Waals surface area contributed by atoms with Gasteiger partial charge in [0, 0.05) is 38.4 Å². The predicted molar refractivity (Wildman–Crippen MR) is 92.3 cm³/mol. The van der Waals surface area contributed by atoms with E-state index in [0.717, 1.165) is 38.9 Å². The molecule has 0 spiro atoms. The predicted octanol–water partition coefficient (Wildman–Crippen LogP) is 2.87. The average Bonchev–Trinajstić information content (AvgIpc) is 3.15. The van der Waals surface area contributed by atoms with Gasteiger partial charge < -0.3 is 9.64 Å². The molecule has 0 radical (unpaired) electrons. The van der Waals surface area contributed by atoms with Crippen LogP contribution in [0.4, 0.5) is 0 Å². The van der Waals surface area contributed by atoms with E-state index >= 15 is 0 Å². The van der Waals surface area contributed by atoms with E-state index in [9.17, 15) is 4.79 Å². The molecule has 0 N–H and O–H groups in total. The number of aromatic nitrogens is 2. The molecule has 2 aromatic rings. The number of aryl methyl sites for hydroxylation is 1. The maximum absolute atomic E-state index is 12.3. The second-order valence-corrected chi connectivity index (χ2v) is 6.25. The van der Waals surface area contributed by atoms with Crippen molar-refractivity contribution in [2.45, 2.75) is 44.9 Å². The summed E-state index contributed by atoms with van der Waals surface area (Å²) in [5, 5.41) is 4.16. The Morgan fingerprint density at radius 3 is 2.67 bits per heavy atom. The van der Waals surface area contributed by atoms with Gasteiger partial charge >= 0.3 is 0 Å². The maximum Gasteiger partial charge on any atom is 0.222 e. The summed E-state index contributed by atoms with van der Waals surface area (Å²) in [6, 6.07) is 12.1. The number of carbonyl (C=O) groups excluding carboxylic acids is 1. The van der Waals surface area contributed by atoms with Gasteiger partial charge in [-0.05, 0) is 30.9 Å². The third-order valence-electron chi connectivity index (χ3n) is 4.46. The molecule has 0 atom stereocenters. The highest BCUT2D eigenvalue weighted by atomic mass is 16.5. The number of ether oxygens (including phenoxy) is 1. The lowest BCUT2D eigenvalue weighted by atomic mass is 10.1. The van der Waals surface area contributed by atoms with E-state index in [4.69, 9.17) is 4.74 Å². The Kier molecular flexibility index (Phi) is 6.01. The average molecular weight is 327 g/mol. The molecule has 0 unspecified atom stereocenters. The van der Waals surface area contributed by atoms with Gasteiger partial charge in [0.2, 0.25) is 5.91 Å². The first kappa shape index (κ1) is 16.7. The molecule has 128 valence electrons. The van der Waals surface area contributed by atoms with Gasteiger partial charge in [0.25, 0.3) is 0 Å². The van der Waals surface area contributed by atoms with Crippen LogP contribution in [0.2, 0.25) is 0 Å². The quantitative estimate of drug-likeness (QED) is 0.785. The summed E-state index contributed by atoms with van der Waals surface area (Å²) in [5.74, 6) is 0.253. The monoisotopic (exact) mass is 327 g/mol. The fourth-order valence-electron chi connectivity index (χ4n) is 3.04. The van der Waals surface area contributed by atoms with Crippen molar-refractivity contribution in [3.63, 3.8) is 0 Å². The fourth-order valence-corrected chi connectivity index (χ4v) is 3.04. The number of likely N-dealkylation sites (tertiary alicyclic amines) is 1. The normalized spacial score (nSPS) is 15.6. The first-order chi connectivity index (χ1) is 11.8. The van der Waals surface area contributed by atoms with E-state index in [-0.39, 0.29) is 12.0 Å². The molecule has 1 aromatic heterocycles. The third kappa shape index (κ3) is 4.93. The Morgan fingerprint density at radius 1 is 1.17 bits per heavy atom. The summed E-state index contributed by atoms with van der Waals surface area (Å²) in [5.41, 5.74) is 1.20. The highest BCUT2D eigenvalue weighted by molar-refractivity contribution is 5.76. The first-order valence-electron chi connectivity index (χ1n) is 8.72. The van der Waals surface area contributed by atoms with Gasteiger partial charge in [-0.2, -0.15) is 5.10 Å². The lowest BCUT2D eigenvalue weighted by molar-refractivity contribution is -0.134. The van der Waals surface area contributed by atoms with Gasteiger partial charge in [-0.3, -0.25) is 9.48 Å². The second-order valence-electron chi connectivity index (χ2n) is 6.25. The molecule has 0 saturated carbocycles. The number of rotatable bonds is 7. The molecular weight excluding hydrogens is 302 g/mol. The number of hydrogen-bond acceptors (Lipinski definition) is 3. The topological polar surface area (TPSA) is 47.4 Å². The number of nitrogens with zero attached hydrogens (tertiary/aromatic N) is 3. The smallest absolute Gasteiger partial charge is 0.222 e. The van der Waals surface area contributed by atoms with Crippen molar-refractivity contribution in [3.05, 3.63) is 54.4 Å². The minimum atomic E-state index is 0.253. The summed E-state index contributed by atoms with van der Waals surface area (Å²) >= 11 is 0. The third-order valence-corrected chi connectivity index (χ3v) is 4.46. The van der Waals surface area contributed by atoms with Crippen LogP contribution in [0.15, 0.2) is 48.8 Å². The molecule has 5 nitrogen and oxygen atoms in total. The van der Waals surface area contributed by atoms with Gasteiger partial charge in [-0.1, -0.05) is 30.3 Å². The Morgan fingerprint density at radius 2 is 1.96 bits per heavy atom. The minimum Gasteiger partial charge on any atom is -0.373 e. The van der Waals surface area contributed by atoms with Crippen molar-refractivity contribution in [2.75, 3.05) is 13.1 Å². The maximum atomic E-state index is 12.3. The molecule has 24 heavy (non-hydrogen) atoms. The molecule has 5 heteroatoms. The van der Waals surface area contributed by atoms with Crippen LogP contribution in [-0.4, -0.2) is 39.8 Å². The van der Waals surface area contributed by atoms with Crippen LogP contribution in [0.3, 0.4) is 0 Å². The molecule has 1 aliphatic heterocycles. The Balaban J connectivity index is 1.33. The van der Waals surface area contributed by atoms with Crippen LogP contribution in [0.5, 0.6) is 0 Å². The highest BCUT2D eigenvalue weighted by Gasteiger charge is 2.22. The van der Waals surface area contributed by atoms with E-state index in [2.05, 4.69) is 17.2 Å². The van der Waals surface area contributed by atoms with Gasteiger partial charge in [0.05, 0.1) is 12.7 Å². The minimum absolute atomic E-state index is 0.253. The lowest BCUT2D eigenvalue weighted by Crippen LogP contribution is -2.40. The van der Waals surface area contributed by atoms with Crippen LogP contribution in [0, 0.1) is 0 Å². The Hall–Kier alpha value is -2.14. The van der Waals surface area contributed by atoms with E-state index in [0.29, 0.717) is 13.0 Å². The number of hydrogen-bond donors (Lipinski definition) is 0. The SMILES string of the molecule is O=C(CCCn1cccn1)N1CCC(OCc2ccccc2)CC1. The molecule has 1 saturated heterocycles. The second kappa shape index (κ2) is 8.64. The number of amides is 1. The zero-order chi connectivity index (χ0) is 16.6. The van der Waals surface area contributed by atoms with Gasteiger partial charge in [0.15, 0.2) is 0 Å². The van der Waals surface area contributed by atoms with Crippen molar-refractivity contribution in [1.29, 1.82) is 0 Å². The zero-order valence-electron chi connectivity index (χ0n) is 14.0. The molecule has 0 bridgehead atoms. The zero-order valence-corrected chi connectivity index (χ0v) is 14.0. The molecule has 1 aromatic carbocycles. The molecular formula is C19H25N3O2. The number of carbonyl (C=O) groups is 1. The highest BCUT2D eigenvalue weighted by Crippen LogP contribution is 2.17. The van der Waals surface area contributed by atoms with E-state index in [1.54, 1.807) is 6.20 Å². The summed E-state index contributed by atoms with van der Waals surface area (Å²) in [4.78, 5) is 14.2. The molecule has 1 fully saturated rings. The summed E-state index contributed by atoms with van der Waals surface area (Å²) in [6.45, 7) is 3.07.